The van der Waals surface area contributed by atoms with Crippen LogP contribution in [0.15, 0.2) is 71.6 Å². The summed E-state index contributed by atoms with van der Waals surface area (Å²) in [4.78, 5) is 0.233. The lowest BCUT2D eigenvalue weighted by Gasteiger charge is -2.09. The minimum Gasteiger partial charge on any atom is -0.488 e. The molecule has 0 aliphatic heterocycles. The Morgan fingerprint density at radius 1 is 1.00 bits per heavy atom. The van der Waals surface area contributed by atoms with E-state index in [9.17, 15) is 12.8 Å². The molecule has 3 rings (SSSR count). The molecule has 0 heterocycles. The Morgan fingerprint density at radius 2 is 1.79 bits per heavy atom. The summed E-state index contributed by atoms with van der Waals surface area (Å²) < 4.78 is 43.4. The highest BCUT2D eigenvalue weighted by molar-refractivity contribution is 14.1. The van der Waals surface area contributed by atoms with Crippen LogP contribution < -0.4 is 4.74 Å². The maximum Gasteiger partial charge on any atom is 0.175 e. The second-order valence-electron chi connectivity index (χ2n) is 6.07. The lowest BCUT2D eigenvalue weighted by Crippen LogP contribution is -2.00. The van der Waals surface area contributed by atoms with E-state index in [1.165, 1.54) is 18.4 Å². The van der Waals surface area contributed by atoms with Crippen molar-refractivity contribution in [1.29, 1.82) is 0 Å². The van der Waals surface area contributed by atoms with Crippen LogP contribution in [0.2, 0.25) is 0 Å². The largest absolute Gasteiger partial charge is 0.488 e. The summed E-state index contributed by atoms with van der Waals surface area (Å²) in [6, 6.07) is 18.4. The molecule has 0 unspecified atom stereocenters. The summed E-state index contributed by atoms with van der Waals surface area (Å²) in [5.74, 6) is 6.19. The van der Waals surface area contributed by atoms with Crippen LogP contribution in [0.4, 0.5) is 4.39 Å². The number of benzene rings is 3. The molecule has 0 aliphatic carbocycles. The molecule has 6 heteroatoms. The molecule has 0 bridgehead atoms. The lowest BCUT2D eigenvalue weighted by atomic mass is 10.1. The molecular formula is C22H16FIO3S. The van der Waals surface area contributed by atoms with E-state index < -0.39 is 9.84 Å². The Morgan fingerprint density at radius 3 is 2.57 bits per heavy atom. The molecule has 142 valence electrons. The highest BCUT2D eigenvalue weighted by Gasteiger charge is 2.07. The van der Waals surface area contributed by atoms with Gasteiger partial charge < -0.3 is 4.74 Å². The Balaban J connectivity index is 1.84. The van der Waals surface area contributed by atoms with Gasteiger partial charge in [-0.1, -0.05) is 36.1 Å². The second-order valence-corrected chi connectivity index (χ2v) is 9.25. The third kappa shape index (κ3) is 5.33. The fraction of sp³-hybridized carbons (Fsp3) is 0.0909. The average molecular weight is 506 g/mol. The highest BCUT2D eigenvalue weighted by Crippen LogP contribution is 2.23. The Labute approximate surface area is 177 Å². The first-order chi connectivity index (χ1) is 13.3. The van der Waals surface area contributed by atoms with E-state index >= 15 is 0 Å². The molecule has 3 aromatic rings. The highest BCUT2D eigenvalue weighted by atomic mass is 127. The Bertz CT molecular complexity index is 1180. The maximum atomic E-state index is 13.4. The van der Waals surface area contributed by atoms with Gasteiger partial charge in [0.15, 0.2) is 9.84 Å². The third-order valence-electron chi connectivity index (χ3n) is 3.90. The molecule has 0 N–H and O–H groups in total. The molecule has 0 saturated carbocycles. The van der Waals surface area contributed by atoms with Crippen molar-refractivity contribution in [3.05, 3.63) is 92.8 Å². The van der Waals surface area contributed by atoms with Gasteiger partial charge >= 0.3 is 0 Å². The molecule has 0 radical (unpaired) electrons. The van der Waals surface area contributed by atoms with Gasteiger partial charge in [-0.25, -0.2) is 12.8 Å². The van der Waals surface area contributed by atoms with Crippen LogP contribution in [0, 0.1) is 21.2 Å². The second kappa shape index (κ2) is 8.76. The summed E-state index contributed by atoms with van der Waals surface area (Å²) in [6.07, 6.45) is 1.17. The van der Waals surface area contributed by atoms with Gasteiger partial charge in [-0.05, 0) is 59.0 Å². The van der Waals surface area contributed by atoms with Crippen LogP contribution in [0.3, 0.4) is 0 Å². The monoisotopic (exact) mass is 506 g/mol. The van der Waals surface area contributed by atoms with Crippen LogP contribution >= 0.6 is 22.6 Å². The Hall–Kier alpha value is -2.37. The number of rotatable bonds is 4. The third-order valence-corrected chi connectivity index (χ3v) is 5.90. The number of halogens is 2. The van der Waals surface area contributed by atoms with Crippen LogP contribution in [0.1, 0.15) is 16.7 Å². The molecule has 0 spiro atoms. The van der Waals surface area contributed by atoms with Gasteiger partial charge in [0.25, 0.3) is 0 Å². The van der Waals surface area contributed by atoms with Crippen molar-refractivity contribution in [2.45, 2.75) is 11.5 Å². The minimum atomic E-state index is -3.28. The van der Waals surface area contributed by atoms with Gasteiger partial charge in [0.2, 0.25) is 0 Å². The number of sulfone groups is 1. The molecule has 0 atom stereocenters. The van der Waals surface area contributed by atoms with E-state index in [0.717, 1.165) is 14.7 Å². The molecule has 0 aliphatic rings. The zero-order chi connectivity index (χ0) is 20.1. The molecule has 0 aromatic heterocycles. The molecule has 3 aromatic carbocycles. The maximum absolute atomic E-state index is 13.4. The van der Waals surface area contributed by atoms with E-state index in [-0.39, 0.29) is 17.3 Å². The Kier molecular flexibility index (Phi) is 6.37. The van der Waals surface area contributed by atoms with Crippen molar-refractivity contribution in [3.8, 4) is 17.6 Å². The summed E-state index contributed by atoms with van der Waals surface area (Å²) in [7, 11) is -3.28. The van der Waals surface area contributed by atoms with Gasteiger partial charge in [-0.2, -0.15) is 0 Å². The number of hydrogen-bond acceptors (Lipinski definition) is 3. The average Bonchev–Trinajstić information content (AvgIpc) is 2.67. The smallest absolute Gasteiger partial charge is 0.175 e. The summed E-state index contributed by atoms with van der Waals surface area (Å²) in [5, 5.41) is 0. The van der Waals surface area contributed by atoms with E-state index in [4.69, 9.17) is 4.74 Å². The minimum absolute atomic E-state index is 0.233. The predicted octanol–water partition coefficient (Wildman–Crippen LogP) is 4.81. The summed E-state index contributed by atoms with van der Waals surface area (Å²) in [5.41, 5.74) is 2.23. The summed E-state index contributed by atoms with van der Waals surface area (Å²) in [6.45, 7) is 0.244. The molecule has 3 nitrogen and oxygen atoms in total. The standard InChI is InChI=1S/C22H16FIO3S/c1-28(25,26)20-8-4-5-16(13-20)9-10-17-6-2-3-7-18(17)15-27-22-14-19(23)11-12-21(22)24/h2-8,11-14H,15H2,1H3. The van der Waals surface area contributed by atoms with Crippen LogP contribution in [-0.2, 0) is 16.4 Å². The first-order valence-corrected chi connectivity index (χ1v) is 11.3. The first-order valence-electron chi connectivity index (χ1n) is 8.31. The zero-order valence-corrected chi connectivity index (χ0v) is 17.9. The van der Waals surface area contributed by atoms with E-state index in [1.807, 2.05) is 24.3 Å². The zero-order valence-electron chi connectivity index (χ0n) is 14.9. The van der Waals surface area contributed by atoms with Gasteiger partial charge in [-0.15, -0.1) is 0 Å². The summed E-state index contributed by atoms with van der Waals surface area (Å²) >= 11 is 2.09. The predicted molar refractivity (Wildman–Crippen MR) is 115 cm³/mol. The van der Waals surface area contributed by atoms with Crippen molar-refractivity contribution in [2.75, 3.05) is 6.26 Å². The van der Waals surface area contributed by atoms with Crippen molar-refractivity contribution < 1.29 is 17.5 Å². The quantitative estimate of drug-likeness (QED) is 0.377. The molecule has 0 saturated heterocycles. The van der Waals surface area contributed by atoms with Gasteiger partial charge in [0, 0.05) is 29.0 Å². The molecular weight excluding hydrogens is 490 g/mol. The molecule has 0 fully saturated rings. The molecule has 28 heavy (non-hydrogen) atoms. The van der Waals surface area contributed by atoms with Crippen molar-refractivity contribution in [3.63, 3.8) is 0 Å². The topological polar surface area (TPSA) is 43.4 Å². The fourth-order valence-electron chi connectivity index (χ4n) is 2.46. The lowest BCUT2D eigenvalue weighted by molar-refractivity contribution is 0.302. The van der Waals surface area contributed by atoms with Crippen LogP contribution in [0.5, 0.6) is 5.75 Å². The van der Waals surface area contributed by atoms with Crippen molar-refractivity contribution in [2.24, 2.45) is 0 Å². The van der Waals surface area contributed by atoms with Crippen LogP contribution in [0.25, 0.3) is 0 Å². The normalized spacial score (nSPS) is 10.8. The SMILES string of the molecule is CS(=O)(=O)c1cccc(C#Cc2ccccc2COc2cc(F)ccc2I)c1. The number of ether oxygens (including phenoxy) is 1. The van der Waals surface area contributed by atoms with E-state index in [1.54, 1.807) is 30.3 Å². The van der Waals surface area contributed by atoms with Crippen molar-refractivity contribution in [1.82, 2.24) is 0 Å². The van der Waals surface area contributed by atoms with E-state index in [2.05, 4.69) is 34.4 Å². The van der Waals surface area contributed by atoms with Gasteiger partial charge in [0.05, 0.1) is 8.47 Å². The van der Waals surface area contributed by atoms with Crippen molar-refractivity contribution >= 4 is 32.4 Å². The van der Waals surface area contributed by atoms with E-state index in [0.29, 0.717) is 11.3 Å². The fourth-order valence-corrected chi connectivity index (χ4v) is 3.61. The molecule has 0 amide bonds. The van der Waals surface area contributed by atoms with Gasteiger partial charge in [-0.3, -0.25) is 0 Å². The van der Waals surface area contributed by atoms with Crippen LogP contribution in [-0.4, -0.2) is 14.7 Å². The van der Waals surface area contributed by atoms with Gasteiger partial charge in [0.1, 0.15) is 18.2 Å². The first kappa shape index (κ1) is 20.4. The number of hydrogen-bond donors (Lipinski definition) is 0.